The number of sulfonamides is 1. The molecule has 162 valence electrons. The van der Waals surface area contributed by atoms with Crippen LogP contribution in [0.4, 0.5) is 4.39 Å². The average molecular weight is 460 g/mol. The van der Waals surface area contributed by atoms with Crippen molar-refractivity contribution in [2.24, 2.45) is 0 Å². The molecule has 1 aromatic heterocycles. The van der Waals surface area contributed by atoms with Crippen LogP contribution in [0.2, 0.25) is 0 Å². The molecule has 2 aromatic carbocycles. The van der Waals surface area contributed by atoms with Crippen molar-refractivity contribution < 1.29 is 17.6 Å². The van der Waals surface area contributed by atoms with Gasteiger partial charge in [-0.1, -0.05) is 30.3 Å². The Morgan fingerprint density at radius 1 is 1.00 bits per heavy atom. The molecule has 31 heavy (non-hydrogen) atoms. The van der Waals surface area contributed by atoms with Crippen molar-refractivity contribution in [3.05, 3.63) is 70.3 Å². The molecule has 1 amide bonds. The molecular weight excluding hydrogens is 437 g/mol. The highest BCUT2D eigenvalue weighted by Gasteiger charge is 2.30. The second kappa shape index (κ2) is 8.86. The van der Waals surface area contributed by atoms with E-state index >= 15 is 0 Å². The van der Waals surface area contributed by atoms with Crippen molar-refractivity contribution in [2.45, 2.75) is 18.2 Å². The highest BCUT2D eigenvalue weighted by molar-refractivity contribution is 7.89. The number of aryl methyl sites for hydroxylation is 1. The number of aromatic nitrogens is 1. The smallest absolute Gasteiger partial charge is 0.266 e. The van der Waals surface area contributed by atoms with E-state index in [9.17, 15) is 17.6 Å². The quantitative estimate of drug-likeness (QED) is 0.595. The molecule has 0 aliphatic carbocycles. The van der Waals surface area contributed by atoms with E-state index in [1.807, 2.05) is 37.3 Å². The summed E-state index contributed by atoms with van der Waals surface area (Å²) in [5, 5.41) is 0.803. The van der Waals surface area contributed by atoms with Gasteiger partial charge >= 0.3 is 0 Å². The van der Waals surface area contributed by atoms with Crippen molar-refractivity contribution in [3.8, 4) is 11.3 Å². The summed E-state index contributed by atoms with van der Waals surface area (Å²) in [6, 6.07) is 14.4. The standard InChI is InChI=1S/C22H22FN3O3S2/c1-16-24-20(17-6-3-2-4-7-17)21(30-16)22(27)25-12-5-13-26(15-14-25)31(28,29)19-10-8-18(23)9-11-19/h2-4,6-11H,5,12-15H2,1H3. The number of rotatable bonds is 4. The molecule has 2 heterocycles. The van der Waals surface area contributed by atoms with Crippen LogP contribution in [0.3, 0.4) is 0 Å². The van der Waals surface area contributed by atoms with Gasteiger partial charge in [-0.15, -0.1) is 11.3 Å². The second-order valence-electron chi connectivity index (χ2n) is 7.28. The van der Waals surface area contributed by atoms with Crippen molar-refractivity contribution in [1.29, 1.82) is 0 Å². The lowest BCUT2D eigenvalue weighted by atomic mass is 10.1. The Labute approximate surface area is 185 Å². The molecule has 1 aliphatic heterocycles. The number of hydrogen-bond acceptors (Lipinski definition) is 5. The Hall–Kier alpha value is -2.62. The van der Waals surface area contributed by atoms with Crippen molar-refractivity contribution in [1.82, 2.24) is 14.2 Å². The number of carbonyl (C=O) groups excluding carboxylic acids is 1. The van der Waals surface area contributed by atoms with Gasteiger partial charge in [-0.25, -0.2) is 17.8 Å². The third-order valence-electron chi connectivity index (χ3n) is 5.17. The highest BCUT2D eigenvalue weighted by Crippen LogP contribution is 2.29. The first-order valence-corrected chi connectivity index (χ1v) is 12.2. The average Bonchev–Trinajstić information content (AvgIpc) is 2.99. The van der Waals surface area contributed by atoms with Gasteiger partial charge in [0.25, 0.3) is 5.91 Å². The minimum Gasteiger partial charge on any atom is -0.337 e. The number of carbonyl (C=O) groups is 1. The molecule has 9 heteroatoms. The monoisotopic (exact) mass is 459 g/mol. The van der Waals surface area contributed by atoms with Gasteiger partial charge < -0.3 is 4.90 Å². The van der Waals surface area contributed by atoms with Crippen LogP contribution in [0.15, 0.2) is 59.5 Å². The van der Waals surface area contributed by atoms with E-state index in [1.54, 1.807) is 4.90 Å². The van der Waals surface area contributed by atoms with Crippen LogP contribution in [-0.4, -0.2) is 54.7 Å². The van der Waals surface area contributed by atoms with Crippen LogP contribution in [0.5, 0.6) is 0 Å². The molecule has 0 unspecified atom stereocenters. The zero-order valence-corrected chi connectivity index (χ0v) is 18.6. The Kier molecular flexibility index (Phi) is 6.17. The number of thiazole rings is 1. The van der Waals surface area contributed by atoms with Gasteiger partial charge in [0.05, 0.1) is 15.6 Å². The van der Waals surface area contributed by atoms with E-state index in [0.717, 1.165) is 22.7 Å². The molecule has 0 atom stereocenters. The van der Waals surface area contributed by atoms with Gasteiger partial charge in [-0.2, -0.15) is 4.31 Å². The van der Waals surface area contributed by atoms with Crippen LogP contribution in [-0.2, 0) is 10.0 Å². The molecular formula is C22H22FN3O3S2. The molecule has 1 aliphatic rings. The molecule has 3 aromatic rings. The lowest BCUT2D eigenvalue weighted by Gasteiger charge is -2.22. The maximum Gasteiger partial charge on any atom is 0.266 e. The summed E-state index contributed by atoms with van der Waals surface area (Å²) in [6.07, 6.45) is 0.518. The zero-order valence-electron chi connectivity index (χ0n) is 17.0. The third-order valence-corrected chi connectivity index (χ3v) is 8.04. The lowest BCUT2D eigenvalue weighted by Crippen LogP contribution is -2.37. The van der Waals surface area contributed by atoms with Crippen LogP contribution in [0.1, 0.15) is 21.1 Å². The van der Waals surface area contributed by atoms with Gasteiger partial charge in [0.2, 0.25) is 10.0 Å². The minimum atomic E-state index is -3.74. The number of nitrogens with zero attached hydrogens (tertiary/aromatic N) is 3. The zero-order chi connectivity index (χ0) is 22.0. The van der Waals surface area contributed by atoms with E-state index in [4.69, 9.17) is 0 Å². The van der Waals surface area contributed by atoms with E-state index in [0.29, 0.717) is 30.1 Å². The Balaban J connectivity index is 1.53. The van der Waals surface area contributed by atoms with E-state index in [1.165, 1.54) is 27.8 Å². The second-order valence-corrected chi connectivity index (χ2v) is 10.4. The van der Waals surface area contributed by atoms with E-state index in [2.05, 4.69) is 4.98 Å². The first-order valence-electron chi connectivity index (χ1n) is 9.94. The predicted octanol–water partition coefficient (Wildman–Crippen LogP) is 3.79. The molecule has 0 radical (unpaired) electrons. The topological polar surface area (TPSA) is 70.6 Å². The Morgan fingerprint density at radius 3 is 2.42 bits per heavy atom. The van der Waals surface area contributed by atoms with Gasteiger partial charge in [-0.05, 0) is 37.6 Å². The van der Waals surface area contributed by atoms with Gasteiger partial charge in [0.1, 0.15) is 10.7 Å². The highest BCUT2D eigenvalue weighted by atomic mass is 32.2. The first kappa shape index (κ1) is 21.6. The van der Waals surface area contributed by atoms with Crippen LogP contribution in [0, 0.1) is 12.7 Å². The molecule has 0 spiro atoms. The van der Waals surface area contributed by atoms with Crippen LogP contribution < -0.4 is 0 Å². The van der Waals surface area contributed by atoms with Crippen LogP contribution >= 0.6 is 11.3 Å². The fourth-order valence-electron chi connectivity index (χ4n) is 3.60. The number of halogens is 1. The fourth-order valence-corrected chi connectivity index (χ4v) is 5.98. The van der Waals surface area contributed by atoms with Crippen LogP contribution in [0.25, 0.3) is 11.3 Å². The first-order chi connectivity index (χ1) is 14.9. The summed E-state index contributed by atoms with van der Waals surface area (Å²) in [7, 11) is -3.74. The van der Waals surface area contributed by atoms with Crippen molar-refractivity contribution in [3.63, 3.8) is 0 Å². The molecule has 4 rings (SSSR count). The van der Waals surface area contributed by atoms with Gasteiger partial charge in [0, 0.05) is 31.7 Å². The summed E-state index contributed by atoms with van der Waals surface area (Å²) in [4.78, 5) is 20.2. The summed E-state index contributed by atoms with van der Waals surface area (Å²) >= 11 is 1.35. The molecule has 0 saturated carbocycles. The number of hydrogen-bond donors (Lipinski definition) is 0. The van der Waals surface area contributed by atoms with Crippen molar-refractivity contribution >= 4 is 27.3 Å². The summed E-state index contributed by atoms with van der Waals surface area (Å²) in [5.41, 5.74) is 1.54. The van der Waals surface area contributed by atoms with Crippen molar-refractivity contribution in [2.75, 3.05) is 26.2 Å². The van der Waals surface area contributed by atoms with E-state index in [-0.39, 0.29) is 23.9 Å². The Bertz CT molecular complexity index is 1180. The normalized spacial score (nSPS) is 15.6. The minimum absolute atomic E-state index is 0.0538. The summed E-state index contributed by atoms with van der Waals surface area (Å²) < 4.78 is 40.4. The third kappa shape index (κ3) is 4.53. The largest absolute Gasteiger partial charge is 0.337 e. The summed E-state index contributed by atoms with van der Waals surface area (Å²) in [5.74, 6) is -0.619. The molecule has 0 N–H and O–H groups in total. The van der Waals surface area contributed by atoms with Gasteiger partial charge in [-0.3, -0.25) is 4.79 Å². The Morgan fingerprint density at radius 2 is 1.71 bits per heavy atom. The molecule has 1 saturated heterocycles. The SMILES string of the molecule is Cc1nc(-c2ccccc2)c(C(=O)N2CCCN(S(=O)(=O)c3ccc(F)cc3)CC2)s1. The number of amides is 1. The maximum absolute atomic E-state index is 13.3. The predicted molar refractivity (Wildman–Crippen MR) is 118 cm³/mol. The van der Waals surface area contributed by atoms with E-state index < -0.39 is 15.8 Å². The molecule has 1 fully saturated rings. The maximum atomic E-state index is 13.3. The van der Waals surface area contributed by atoms with Gasteiger partial charge in [0.15, 0.2) is 0 Å². The fraction of sp³-hybridized carbons (Fsp3) is 0.273. The number of benzene rings is 2. The lowest BCUT2D eigenvalue weighted by molar-refractivity contribution is 0.0769. The molecule has 0 bridgehead atoms. The summed E-state index contributed by atoms with van der Waals surface area (Å²) in [6.45, 7) is 3.10. The molecule has 6 nitrogen and oxygen atoms in total.